The van der Waals surface area contributed by atoms with Crippen LogP contribution in [-0.4, -0.2) is 87.6 Å². The lowest BCUT2D eigenvalue weighted by Crippen LogP contribution is -2.30. The SMILES string of the molecule is CCNCC(O)COCCOCCCO.O=CC=O.O=CC=O.P. The van der Waals surface area contributed by atoms with Gasteiger partial charge in [0.05, 0.1) is 25.9 Å². The molecule has 0 bridgehead atoms. The van der Waals surface area contributed by atoms with Crippen molar-refractivity contribution in [1.29, 1.82) is 0 Å². The standard InChI is InChI=1S/C10H23NO4.2C2H2O2.H3P/c1-2-11-8-10(13)9-15-7-6-14-5-3-4-12;2*3-1-2-4;/h10-13H,2-9H2,1H3;2*1-2H;1H3. The topological polar surface area (TPSA) is 139 Å². The van der Waals surface area contributed by atoms with Crippen LogP contribution in [0.25, 0.3) is 0 Å². The fourth-order valence-electron chi connectivity index (χ4n) is 0.976. The number of aliphatic hydroxyl groups excluding tert-OH is 2. The molecule has 0 aliphatic carbocycles. The molecule has 0 spiro atoms. The number of likely N-dealkylation sites (N-methyl/N-ethyl adjacent to an activating group) is 1. The zero-order chi connectivity index (χ0) is 18.2. The van der Waals surface area contributed by atoms with Crippen molar-refractivity contribution in [2.24, 2.45) is 0 Å². The summed E-state index contributed by atoms with van der Waals surface area (Å²) in [5.74, 6) is 0. The van der Waals surface area contributed by atoms with Gasteiger partial charge >= 0.3 is 0 Å². The van der Waals surface area contributed by atoms with Crippen molar-refractivity contribution in [3.05, 3.63) is 0 Å². The van der Waals surface area contributed by atoms with E-state index < -0.39 is 6.10 Å². The van der Waals surface area contributed by atoms with Crippen molar-refractivity contribution in [1.82, 2.24) is 5.32 Å². The molecular formula is C14H30NO8P. The molecule has 0 aliphatic rings. The normalized spacial score (nSPS) is 9.79. The first-order valence-corrected chi connectivity index (χ1v) is 7.07. The minimum absolute atomic E-state index is 0. The number of rotatable bonds is 13. The van der Waals surface area contributed by atoms with Gasteiger partial charge in [-0.2, -0.15) is 9.90 Å². The third-order valence-corrected chi connectivity index (χ3v) is 1.87. The van der Waals surface area contributed by atoms with Crippen molar-refractivity contribution >= 4 is 35.0 Å². The van der Waals surface area contributed by atoms with Crippen molar-refractivity contribution in [2.75, 3.05) is 46.1 Å². The molecule has 0 saturated carbocycles. The molecule has 144 valence electrons. The van der Waals surface area contributed by atoms with Gasteiger partial charge in [0.15, 0.2) is 25.1 Å². The monoisotopic (exact) mass is 371 g/mol. The molecule has 0 aromatic carbocycles. The van der Waals surface area contributed by atoms with E-state index in [1.807, 2.05) is 6.92 Å². The molecule has 2 unspecified atom stereocenters. The van der Waals surface area contributed by atoms with E-state index in [0.29, 0.717) is 39.4 Å². The van der Waals surface area contributed by atoms with E-state index >= 15 is 0 Å². The number of nitrogens with one attached hydrogen (secondary N) is 1. The Morgan fingerprint density at radius 2 is 1.46 bits per heavy atom. The highest BCUT2D eigenvalue weighted by Gasteiger charge is 2.02. The van der Waals surface area contributed by atoms with Crippen LogP contribution in [-0.2, 0) is 28.7 Å². The average molecular weight is 371 g/mol. The lowest BCUT2D eigenvalue weighted by atomic mass is 10.4. The van der Waals surface area contributed by atoms with Gasteiger partial charge in [0.2, 0.25) is 0 Å². The molecule has 9 nitrogen and oxygen atoms in total. The maximum Gasteiger partial charge on any atom is 0.182 e. The van der Waals surface area contributed by atoms with Gasteiger partial charge in [-0.1, -0.05) is 6.92 Å². The summed E-state index contributed by atoms with van der Waals surface area (Å²) >= 11 is 0. The number of hydrogen-bond donors (Lipinski definition) is 3. The Balaban J connectivity index is -0.000000186. The Morgan fingerprint density at radius 1 is 0.958 bits per heavy atom. The van der Waals surface area contributed by atoms with Gasteiger partial charge in [-0.15, -0.1) is 0 Å². The average Bonchev–Trinajstić information content (AvgIpc) is 2.59. The van der Waals surface area contributed by atoms with Crippen LogP contribution in [0.15, 0.2) is 0 Å². The molecule has 0 aromatic rings. The van der Waals surface area contributed by atoms with Crippen LogP contribution in [0.2, 0.25) is 0 Å². The van der Waals surface area contributed by atoms with E-state index in [4.69, 9.17) is 33.8 Å². The predicted octanol–water partition coefficient (Wildman–Crippen LogP) is -1.80. The number of hydrogen-bond acceptors (Lipinski definition) is 9. The van der Waals surface area contributed by atoms with Crippen LogP contribution < -0.4 is 5.32 Å². The fraction of sp³-hybridized carbons (Fsp3) is 0.714. The number of aldehydes is 4. The minimum Gasteiger partial charge on any atom is -0.396 e. The van der Waals surface area contributed by atoms with Gasteiger partial charge in [-0.05, 0) is 13.0 Å². The molecular weight excluding hydrogens is 341 g/mol. The first-order valence-electron chi connectivity index (χ1n) is 7.07. The van der Waals surface area contributed by atoms with Crippen molar-refractivity contribution < 1.29 is 38.9 Å². The number of carbonyl (C=O) groups is 4. The van der Waals surface area contributed by atoms with Crippen LogP contribution in [0.1, 0.15) is 13.3 Å². The van der Waals surface area contributed by atoms with Crippen LogP contribution in [0, 0.1) is 0 Å². The van der Waals surface area contributed by atoms with Gasteiger partial charge in [-0.3, -0.25) is 19.2 Å². The molecule has 0 aromatic heterocycles. The molecule has 24 heavy (non-hydrogen) atoms. The third-order valence-electron chi connectivity index (χ3n) is 1.87. The van der Waals surface area contributed by atoms with Crippen LogP contribution >= 0.6 is 9.90 Å². The summed E-state index contributed by atoms with van der Waals surface area (Å²) in [6.45, 7) is 5.42. The molecule has 0 fully saturated rings. The Hall–Kier alpha value is -1.09. The van der Waals surface area contributed by atoms with E-state index in [2.05, 4.69) is 5.32 Å². The van der Waals surface area contributed by atoms with E-state index in [1.165, 1.54) is 0 Å². The zero-order valence-electron chi connectivity index (χ0n) is 14.1. The van der Waals surface area contributed by atoms with E-state index in [1.54, 1.807) is 0 Å². The third kappa shape index (κ3) is 42.8. The first kappa shape index (κ1) is 30.8. The fourth-order valence-corrected chi connectivity index (χ4v) is 0.976. The minimum atomic E-state index is -0.456. The second kappa shape index (κ2) is 33.5. The quantitative estimate of drug-likeness (QED) is 0.148. The summed E-state index contributed by atoms with van der Waals surface area (Å²) in [5, 5.41) is 20.9. The smallest absolute Gasteiger partial charge is 0.182 e. The van der Waals surface area contributed by atoms with Crippen molar-refractivity contribution in [3.8, 4) is 0 Å². The number of ether oxygens (including phenoxy) is 2. The maximum atomic E-state index is 9.36. The highest BCUT2D eigenvalue weighted by Crippen LogP contribution is 1.86. The van der Waals surface area contributed by atoms with Gasteiger partial charge in [-0.25, -0.2) is 0 Å². The van der Waals surface area contributed by atoms with Gasteiger partial charge < -0.3 is 25.0 Å². The van der Waals surface area contributed by atoms with E-state index in [9.17, 15) is 5.11 Å². The molecule has 2 atom stereocenters. The lowest BCUT2D eigenvalue weighted by Gasteiger charge is -2.11. The lowest BCUT2D eigenvalue weighted by molar-refractivity contribution is -0.122. The van der Waals surface area contributed by atoms with Crippen LogP contribution in [0.4, 0.5) is 0 Å². The molecule has 10 heteroatoms. The molecule has 0 aliphatic heterocycles. The molecule has 0 saturated heterocycles. The summed E-state index contributed by atoms with van der Waals surface area (Å²) in [5.41, 5.74) is 0. The van der Waals surface area contributed by atoms with E-state index in [0.717, 1.165) is 6.54 Å². The molecule has 3 N–H and O–H groups in total. The van der Waals surface area contributed by atoms with Crippen molar-refractivity contribution in [3.63, 3.8) is 0 Å². The molecule has 0 heterocycles. The summed E-state index contributed by atoms with van der Waals surface area (Å²) in [7, 11) is 0. The van der Waals surface area contributed by atoms with Gasteiger partial charge in [0.1, 0.15) is 0 Å². The number of aliphatic hydroxyl groups is 2. The van der Waals surface area contributed by atoms with Gasteiger partial charge in [0.25, 0.3) is 0 Å². The first-order chi connectivity index (χ1) is 11.1. The molecule has 0 rings (SSSR count). The zero-order valence-corrected chi connectivity index (χ0v) is 15.5. The maximum absolute atomic E-state index is 9.36. The Morgan fingerprint density at radius 3 is 1.88 bits per heavy atom. The predicted molar refractivity (Wildman–Crippen MR) is 93.3 cm³/mol. The molecule has 0 amide bonds. The van der Waals surface area contributed by atoms with Gasteiger partial charge in [0, 0.05) is 19.8 Å². The van der Waals surface area contributed by atoms with Crippen molar-refractivity contribution in [2.45, 2.75) is 19.4 Å². The van der Waals surface area contributed by atoms with E-state index in [-0.39, 0.29) is 41.7 Å². The number of carbonyl (C=O) groups excluding carboxylic acids is 4. The summed E-state index contributed by atoms with van der Waals surface area (Å²) in [6.07, 6.45) is 0.977. The summed E-state index contributed by atoms with van der Waals surface area (Å²) in [6, 6.07) is 0. The highest BCUT2D eigenvalue weighted by molar-refractivity contribution is 6.92. The van der Waals surface area contributed by atoms with Crippen LogP contribution in [0.3, 0.4) is 0 Å². The Kier molecular flexibility index (Phi) is 42.9. The Bertz CT molecular complexity index is 245. The Labute approximate surface area is 145 Å². The second-order valence-electron chi connectivity index (χ2n) is 3.77. The van der Waals surface area contributed by atoms with Crippen LogP contribution in [0.5, 0.6) is 0 Å². The highest BCUT2D eigenvalue weighted by atomic mass is 31.0. The molecule has 0 radical (unpaired) electrons. The largest absolute Gasteiger partial charge is 0.396 e. The second-order valence-corrected chi connectivity index (χ2v) is 3.77. The summed E-state index contributed by atoms with van der Waals surface area (Å²) < 4.78 is 10.3. The summed E-state index contributed by atoms with van der Waals surface area (Å²) in [4.78, 5) is 35.2.